The maximum Gasteiger partial charge on any atom is 0.251 e. The first-order chi connectivity index (χ1) is 18.8. The standard InChI is InChI=1S/C30H40N6O3/c1-3-35-13-10-23(11-14-35)33-26-16-21(6-8-25(26)29(31)38)30(39)34-24-15-20-5-4-12-36(27(20)17-24)28-9-7-22(18-32-28)19(2)37/h6-9,16,18,20,23-24,27,33H,3-5,10-15,17H2,1-2H3,(H2,31,38)(H,34,39). The van der Waals surface area contributed by atoms with E-state index < -0.39 is 5.91 Å². The van der Waals surface area contributed by atoms with Gasteiger partial charge in [0.15, 0.2) is 5.78 Å². The molecule has 9 heteroatoms. The van der Waals surface area contributed by atoms with Crippen molar-refractivity contribution in [1.82, 2.24) is 15.2 Å². The summed E-state index contributed by atoms with van der Waals surface area (Å²) in [7, 11) is 0. The van der Waals surface area contributed by atoms with E-state index in [1.54, 1.807) is 31.3 Å². The van der Waals surface area contributed by atoms with Crippen LogP contribution >= 0.6 is 0 Å². The molecule has 5 rings (SSSR count). The average Bonchev–Trinajstić information content (AvgIpc) is 3.36. The number of amides is 2. The Morgan fingerprint density at radius 3 is 2.44 bits per heavy atom. The SMILES string of the molecule is CCN1CCC(Nc2cc(C(=O)NC3CC4CCCN(c5ccc(C(C)=O)cn5)C4C3)ccc2C(N)=O)CC1. The lowest BCUT2D eigenvalue weighted by Gasteiger charge is -2.38. The molecule has 3 fully saturated rings. The highest BCUT2D eigenvalue weighted by Gasteiger charge is 2.41. The molecule has 2 amide bonds. The molecule has 0 bridgehead atoms. The van der Waals surface area contributed by atoms with Crippen molar-refractivity contribution in [3.63, 3.8) is 0 Å². The molecule has 3 atom stereocenters. The molecule has 9 nitrogen and oxygen atoms in total. The van der Waals surface area contributed by atoms with E-state index in [2.05, 4.69) is 32.3 Å². The van der Waals surface area contributed by atoms with Crippen LogP contribution in [0, 0.1) is 5.92 Å². The second-order valence-electron chi connectivity index (χ2n) is 11.2. The Balaban J connectivity index is 1.25. The Hall–Kier alpha value is -3.46. The molecule has 1 saturated carbocycles. The number of carbonyl (C=O) groups is 3. The largest absolute Gasteiger partial charge is 0.382 e. The number of nitrogens with zero attached hydrogens (tertiary/aromatic N) is 3. The quantitative estimate of drug-likeness (QED) is 0.445. The van der Waals surface area contributed by atoms with E-state index in [-0.39, 0.29) is 23.8 Å². The van der Waals surface area contributed by atoms with Crippen LogP contribution in [0.15, 0.2) is 36.5 Å². The number of Topliss-reactive ketones (excluding diaryl/α,β-unsaturated/α-hetero) is 1. The van der Waals surface area contributed by atoms with Gasteiger partial charge in [0.05, 0.1) is 5.56 Å². The summed E-state index contributed by atoms with van der Waals surface area (Å²) in [6.45, 7) is 7.71. The van der Waals surface area contributed by atoms with Gasteiger partial charge < -0.3 is 26.2 Å². The van der Waals surface area contributed by atoms with Gasteiger partial charge in [0.25, 0.3) is 11.8 Å². The third-order valence-electron chi connectivity index (χ3n) is 8.76. The maximum absolute atomic E-state index is 13.3. The molecule has 208 valence electrons. The van der Waals surface area contributed by atoms with E-state index in [4.69, 9.17) is 5.73 Å². The molecule has 1 aliphatic carbocycles. The Morgan fingerprint density at radius 1 is 1.00 bits per heavy atom. The van der Waals surface area contributed by atoms with Gasteiger partial charge in [-0.3, -0.25) is 14.4 Å². The Kier molecular flexibility index (Phi) is 8.16. The van der Waals surface area contributed by atoms with Crippen molar-refractivity contribution in [2.45, 2.75) is 70.5 Å². The van der Waals surface area contributed by atoms with Gasteiger partial charge in [0.1, 0.15) is 5.82 Å². The number of carbonyl (C=O) groups excluding carboxylic acids is 3. The predicted molar refractivity (Wildman–Crippen MR) is 152 cm³/mol. The predicted octanol–water partition coefficient (Wildman–Crippen LogP) is 3.46. The lowest BCUT2D eigenvalue weighted by molar-refractivity contribution is 0.0934. The zero-order valence-electron chi connectivity index (χ0n) is 23.0. The van der Waals surface area contributed by atoms with E-state index in [1.807, 2.05) is 12.1 Å². The molecule has 2 aromatic rings. The first-order valence-electron chi connectivity index (χ1n) is 14.3. The van der Waals surface area contributed by atoms with Crippen molar-refractivity contribution in [3.05, 3.63) is 53.2 Å². The second-order valence-corrected chi connectivity index (χ2v) is 11.2. The summed E-state index contributed by atoms with van der Waals surface area (Å²) >= 11 is 0. The first kappa shape index (κ1) is 27.1. The van der Waals surface area contributed by atoms with Crippen LogP contribution in [-0.2, 0) is 0 Å². The van der Waals surface area contributed by atoms with Crippen LogP contribution in [0.3, 0.4) is 0 Å². The summed E-state index contributed by atoms with van der Waals surface area (Å²) in [6, 6.07) is 9.52. The van der Waals surface area contributed by atoms with Crippen molar-refractivity contribution in [3.8, 4) is 0 Å². The molecule has 4 N–H and O–H groups in total. The normalized spacial score (nSPS) is 23.7. The van der Waals surface area contributed by atoms with Gasteiger partial charge in [0.2, 0.25) is 0 Å². The van der Waals surface area contributed by atoms with Crippen LogP contribution < -0.4 is 21.3 Å². The van der Waals surface area contributed by atoms with Crippen LogP contribution in [0.25, 0.3) is 0 Å². The maximum atomic E-state index is 13.3. The van der Waals surface area contributed by atoms with Gasteiger partial charge in [-0.2, -0.15) is 0 Å². The number of aromatic nitrogens is 1. The molecule has 1 aromatic carbocycles. The number of piperidine rings is 2. The van der Waals surface area contributed by atoms with Crippen molar-refractivity contribution in [2.75, 3.05) is 36.4 Å². The summed E-state index contributed by atoms with van der Waals surface area (Å²) in [4.78, 5) is 46.4. The zero-order valence-corrected chi connectivity index (χ0v) is 23.0. The number of likely N-dealkylation sites (tertiary alicyclic amines) is 1. The number of anilines is 2. The Bertz CT molecular complexity index is 1210. The number of ketones is 1. The number of nitrogens with two attached hydrogens (primary N) is 1. The fraction of sp³-hybridized carbons (Fsp3) is 0.533. The van der Waals surface area contributed by atoms with E-state index in [9.17, 15) is 14.4 Å². The van der Waals surface area contributed by atoms with Crippen molar-refractivity contribution in [1.29, 1.82) is 0 Å². The highest BCUT2D eigenvalue weighted by Crippen LogP contribution is 2.39. The Morgan fingerprint density at radius 2 is 1.77 bits per heavy atom. The molecule has 3 unspecified atom stereocenters. The highest BCUT2D eigenvalue weighted by molar-refractivity contribution is 6.02. The van der Waals surface area contributed by atoms with Gasteiger partial charge in [-0.1, -0.05) is 6.92 Å². The molecule has 2 saturated heterocycles. The molecular formula is C30H40N6O3. The molecular weight excluding hydrogens is 492 g/mol. The van der Waals surface area contributed by atoms with Crippen LogP contribution in [0.2, 0.25) is 0 Å². The number of rotatable bonds is 8. The van der Waals surface area contributed by atoms with E-state index in [1.165, 1.54) is 0 Å². The van der Waals surface area contributed by atoms with Crippen LogP contribution in [0.4, 0.5) is 11.5 Å². The fourth-order valence-corrected chi connectivity index (χ4v) is 6.55. The van der Waals surface area contributed by atoms with Gasteiger partial charge >= 0.3 is 0 Å². The number of hydrogen-bond acceptors (Lipinski definition) is 7. The first-order valence-corrected chi connectivity index (χ1v) is 14.3. The summed E-state index contributed by atoms with van der Waals surface area (Å²) < 4.78 is 0. The summed E-state index contributed by atoms with van der Waals surface area (Å²) in [5.74, 6) is 0.763. The minimum Gasteiger partial charge on any atom is -0.382 e. The molecule has 3 heterocycles. The minimum absolute atomic E-state index is 0.0123. The lowest BCUT2D eigenvalue weighted by atomic mass is 9.92. The summed E-state index contributed by atoms with van der Waals surface area (Å²) in [5.41, 5.74) is 7.85. The number of pyridine rings is 1. The summed E-state index contributed by atoms with van der Waals surface area (Å²) in [6.07, 6.45) is 7.62. The second kappa shape index (κ2) is 11.7. The number of hydrogen-bond donors (Lipinski definition) is 3. The number of nitrogens with one attached hydrogen (secondary N) is 2. The topological polar surface area (TPSA) is 121 Å². The monoisotopic (exact) mass is 532 g/mol. The number of benzene rings is 1. The summed E-state index contributed by atoms with van der Waals surface area (Å²) in [5, 5.41) is 6.76. The highest BCUT2D eigenvalue weighted by atomic mass is 16.2. The molecule has 2 aliphatic heterocycles. The van der Waals surface area contributed by atoms with E-state index in [0.29, 0.717) is 34.3 Å². The van der Waals surface area contributed by atoms with Crippen LogP contribution in [0.5, 0.6) is 0 Å². The van der Waals surface area contributed by atoms with Gasteiger partial charge in [-0.25, -0.2) is 4.98 Å². The third kappa shape index (κ3) is 6.08. The lowest BCUT2D eigenvalue weighted by Crippen LogP contribution is -2.43. The van der Waals surface area contributed by atoms with Crippen molar-refractivity contribution in [2.24, 2.45) is 11.7 Å². The van der Waals surface area contributed by atoms with E-state index >= 15 is 0 Å². The zero-order chi connectivity index (χ0) is 27.5. The molecule has 0 radical (unpaired) electrons. The molecule has 1 aromatic heterocycles. The minimum atomic E-state index is -0.500. The third-order valence-corrected chi connectivity index (χ3v) is 8.76. The number of primary amides is 1. The van der Waals surface area contributed by atoms with Gasteiger partial charge in [0, 0.05) is 60.8 Å². The average molecular weight is 533 g/mol. The molecule has 39 heavy (non-hydrogen) atoms. The van der Waals surface area contributed by atoms with Gasteiger partial charge in [-0.05, 0) is 88.2 Å². The molecule has 3 aliphatic rings. The smallest absolute Gasteiger partial charge is 0.251 e. The van der Waals surface area contributed by atoms with Crippen molar-refractivity contribution < 1.29 is 14.4 Å². The van der Waals surface area contributed by atoms with Gasteiger partial charge in [-0.15, -0.1) is 0 Å². The Labute approximate surface area is 230 Å². The van der Waals surface area contributed by atoms with Crippen LogP contribution in [-0.4, -0.2) is 71.8 Å². The molecule has 0 spiro atoms. The van der Waals surface area contributed by atoms with E-state index in [0.717, 1.165) is 70.5 Å². The number of fused-ring (bicyclic) bond motifs is 1. The van der Waals surface area contributed by atoms with Crippen molar-refractivity contribution >= 4 is 29.1 Å². The van der Waals surface area contributed by atoms with Crippen LogP contribution in [0.1, 0.15) is 83.4 Å². The fourth-order valence-electron chi connectivity index (χ4n) is 6.55.